The molecule has 1 aromatic heterocycles. The highest BCUT2D eigenvalue weighted by molar-refractivity contribution is 7.17. The van der Waals surface area contributed by atoms with Crippen molar-refractivity contribution in [2.45, 2.75) is 26.1 Å². The summed E-state index contributed by atoms with van der Waals surface area (Å²) in [7, 11) is 3.28. The number of carboxylic acid groups (broad SMARTS) is 2. The lowest BCUT2D eigenvalue weighted by molar-refractivity contribution is -0.114. The summed E-state index contributed by atoms with van der Waals surface area (Å²) in [5.41, 5.74) is 1.99. The van der Waals surface area contributed by atoms with E-state index in [1.165, 1.54) is 11.8 Å². The highest BCUT2D eigenvalue weighted by Crippen LogP contribution is 2.25. The second-order valence-electron chi connectivity index (χ2n) is 6.85. The molecule has 6 N–H and O–H groups in total. The fourth-order valence-corrected chi connectivity index (χ4v) is 3.73. The second-order valence-corrected chi connectivity index (χ2v) is 7.85. The van der Waals surface area contributed by atoms with E-state index in [1.54, 1.807) is 38.4 Å². The van der Waals surface area contributed by atoms with E-state index >= 15 is 0 Å². The standard InChI is InChI=1S/C19H24N6O6S/c1-10(26)20-17-22-13(14(32-17)15(27)25(2)3)9-6-11-4-7-12(8-5-11)21-16(23-18(28)29)24-19(30)31/h4-5,7-8,16,21,23-24H,6,9H2,1-3H3,(H,28,29)(H,30,31)(H,20,22,26). The van der Waals surface area contributed by atoms with Crippen LogP contribution in [0.1, 0.15) is 27.9 Å². The molecule has 0 fully saturated rings. The molecule has 1 aromatic carbocycles. The summed E-state index contributed by atoms with van der Waals surface area (Å²) < 4.78 is 0. The fraction of sp³-hybridized carbons (Fsp3) is 0.316. The lowest BCUT2D eigenvalue weighted by Gasteiger charge is -2.19. The van der Waals surface area contributed by atoms with Crippen LogP contribution in [-0.2, 0) is 17.6 Å². The Morgan fingerprint density at radius 3 is 2.12 bits per heavy atom. The largest absolute Gasteiger partial charge is 0.465 e. The van der Waals surface area contributed by atoms with E-state index in [9.17, 15) is 19.2 Å². The Hall–Kier alpha value is -3.87. The highest BCUT2D eigenvalue weighted by atomic mass is 32.1. The topological polar surface area (TPSA) is 173 Å². The van der Waals surface area contributed by atoms with E-state index in [0.717, 1.165) is 16.9 Å². The first kappa shape index (κ1) is 24.4. The maximum Gasteiger partial charge on any atom is 0.407 e. The molecule has 2 aromatic rings. The zero-order chi connectivity index (χ0) is 23.8. The van der Waals surface area contributed by atoms with Crippen LogP contribution in [0.3, 0.4) is 0 Å². The molecule has 2 rings (SSSR count). The average molecular weight is 465 g/mol. The predicted octanol–water partition coefficient (Wildman–Crippen LogP) is 1.82. The van der Waals surface area contributed by atoms with Crippen molar-refractivity contribution in [2.75, 3.05) is 24.7 Å². The number of nitrogens with zero attached hydrogens (tertiary/aromatic N) is 2. The number of anilines is 2. The average Bonchev–Trinajstić information content (AvgIpc) is 3.07. The van der Waals surface area contributed by atoms with Gasteiger partial charge in [0.05, 0.1) is 5.69 Å². The third-order valence-electron chi connectivity index (χ3n) is 4.03. The molecule has 1 heterocycles. The number of carbonyl (C=O) groups is 4. The van der Waals surface area contributed by atoms with Gasteiger partial charge in [-0.15, -0.1) is 0 Å². The molecule has 0 aliphatic carbocycles. The van der Waals surface area contributed by atoms with Crippen LogP contribution in [0.2, 0.25) is 0 Å². The molecule has 0 aliphatic rings. The van der Waals surface area contributed by atoms with Gasteiger partial charge in [0.1, 0.15) is 4.88 Å². The number of thiazole rings is 1. The van der Waals surface area contributed by atoms with Crippen LogP contribution < -0.4 is 21.3 Å². The quantitative estimate of drug-likeness (QED) is 0.305. The molecular weight excluding hydrogens is 440 g/mol. The van der Waals surface area contributed by atoms with Gasteiger partial charge in [-0.1, -0.05) is 23.5 Å². The Kier molecular flexibility index (Phi) is 8.35. The van der Waals surface area contributed by atoms with Crippen LogP contribution in [0.4, 0.5) is 20.4 Å². The number of nitrogens with one attached hydrogen (secondary N) is 4. The van der Waals surface area contributed by atoms with E-state index in [4.69, 9.17) is 10.2 Å². The summed E-state index contributed by atoms with van der Waals surface area (Å²) in [6.45, 7) is 1.37. The normalized spacial score (nSPS) is 10.4. The Balaban J connectivity index is 2.08. The van der Waals surface area contributed by atoms with Crippen molar-refractivity contribution in [3.63, 3.8) is 0 Å². The van der Waals surface area contributed by atoms with Crippen LogP contribution in [-0.4, -0.2) is 64.5 Å². The van der Waals surface area contributed by atoms with Gasteiger partial charge < -0.3 is 25.7 Å². The van der Waals surface area contributed by atoms with Crippen LogP contribution in [0, 0.1) is 0 Å². The smallest absolute Gasteiger partial charge is 0.407 e. The summed E-state index contributed by atoms with van der Waals surface area (Å²) in [6, 6.07) is 6.92. The number of aryl methyl sites for hydroxylation is 2. The molecule has 4 amide bonds. The number of hydrogen-bond acceptors (Lipinski definition) is 7. The Labute approximate surface area is 187 Å². The second kappa shape index (κ2) is 10.9. The van der Waals surface area contributed by atoms with E-state index in [-0.39, 0.29) is 11.8 Å². The van der Waals surface area contributed by atoms with Crippen molar-refractivity contribution in [2.24, 2.45) is 0 Å². The van der Waals surface area contributed by atoms with Gasteiger partial charge in [0.2, 0.25) is 5.91 Å². The van der Waals surface area contributed by atoms with Crippen LogP contribution in [0.25, 0.3) is 0 Å². The molecule has 12 nitrogen and oxygen atoms in total. The first-order chi connectivity index (χ1) is 15.0. The Bertz CT molecular complexity index is 975. The molecular formula is C19H24N6O6S. The fourth-order valence-electron chi connectivity index (χ4n) is 2.65. The van der Waals surface area contributed by atoms with Crippen molar-refractivity contribution >= 4 is 46.2 Å². The monoisotopic (exact) mass is 464 g/mol. The minimum atomic E-state index is -1.39. The first-order valence-electron chi connectivity index (χ1n) is 9.38. The maximum atomic E-state index is 12.5. The lowest BCUT2D eigenvalue weighted by atomic mass is 10.1. The van der Waals surface area contributed by atoms with Crippen LogP contribution >= 0.6 is 11.3 Å². The number of aromatic nitrogens is 1. The van der Waals surface area contributed by atoms with Gasteiger partial charge in [0.25, 0.3) is 5.91 Å². The lowest BCUT2D eigenvalue weighted by Crippen LogP contribution is -2.52. The van der Waals surface area contributed by atoms with Crippen LogP contribution in [0.15, 0.2) is 24.3 Å². The molecule has 0 atom stereocenters. The molecule has 0 aliphatic heterocycles. The Morgan fingerprint density at radius 1 is 1.03 bits per heavy atom. The number of carbonyl (C=O) groups excluding carboxylic acids is 2. The van der Waals surface area contributed by atoms with Crippen LogP contribution in [0.5, 0.6) is 0 Å². The number of hydrogen-bond donors (Lipinski definition) is 6. The molecule has 0 radical (unpaired) electrons. The highest BCUT2D eigenvalue weighted by Gasteiger charge is 2.20. The molecule has 0 saturated carbocycles. The number of amides is 4. The molecule has 0 bridgehead atoms. The third-order valence-corrected chi connectivity index (χ3v) is 5.03. The summed E-state index contributed by atoms with van der Waals surface area (Å²) >= 11 is 1.12. The van der Waals surface area contributed by atoms with Crippen molar-refractivity contribution in [1.29, 1.82) is 0 Å². The zero-order valence-corrected chi connectivity index (χ0v) is 18.4. The van der Waals surface area contributed by atoms with Gasteiger partial charge in [-0.25, -0.2) is 14.6 Å². The van der Waals surface area contributed by atoms with Gasteiger partial charge in [-0.05, 0) is 30.5 Å². The van der Waals surface area contributed by atoms with E-state index < -0.39 is 18.5 Å². The van der Waals surface area contributed by atoms with E-state index in [1.807, 2.05) is 10.6 Å². The van der Waals surface area contributed by atoms with E-state index in [0.29, 0.717) is 34.2 Å². The zero-order valence-electron chi connectivity index (χ0n) is 17.6. The van der Waals surface area contributed by atoms with Crippen molar-refractivity contribution < 1.29 is 29.4 Å². The summed E-state index contributed by atoms with van der Waals surface area (Å²) in [5, 5.41) is 27.3. The number of rotatable bonds is 9. The van der Waals surface area contributed by atoms with Crippen molar-refractivity contribution in [1.82, 2.24) is 20.5 Å². The van der Waals surface area contributed by atoms with Gasteiger partial charge >= 0.3 is 12.2 Å². The molecule has 172 valence electrons. The van der Waals surface area contributed by atoms with Crippen molar-refractivity contribution in [3.05, 3.63) is 40.4 Å². The van der Waals surface area contributed by atoms with E-state index in [2.05, 4.69) is 15.6 Å². The predicted molar refractivity (Wildman–Crippen MR) is 118 cm³/mol. The molecule has 0 unspecified atom stereocenters. The maximum absolute atomic E-state index is 12.5. The summed E-state index contributed by atoms with van der Waals surface area (Å²) in [4.78, 5) is 51.7. The van der Waals surface area contributed by atoms with Crippen molar-refractivity contribution in [3.8, 4) is 0 Å². The van der Waals surface area contributed by atoms with Gasteiger partial charge in [0, 0.05) is 26.7 Å². The van der Waals surface area contributed by atoms with Gasteiger partial charge in [0.15, 0.2) is 11.4 Å². The summed E-state index contributed by atoms with van der Waals surface area (Å²) in [6.07, 6.45) is -2.99. The Morgan fingerprint density at radius 2 is 1.62 bits per heavy atom. The van der Waals surface area contributed by atoms with Gasteiger partial charge in [-0.2, -0.15) is 0 Å². The SMILES string of the molecule is CC(=O)Nc1nc(CCc2ccc(NC(NC(=O)O)NC(=O)O)cc2)c(C(=O)N(C)C)s1. The number of benzene rings is 1. The molecule has 32 heavy (non-hydrogen) atoms. The molecule has 13 heteroatoms. The molecule has 0 spiro atoms. The molecule has 0 saturated heterocycles. The van der Waals surface area contributed by atoms with Gasteiger partial charge in [-0.3, -0.25) is 20.2 Å². The summed E-state index contributed by atoms with van der Waals surface area (Å²) in [5.74, 6) is -0.470. The third kappa shape index (κ3) is 7.43. The first-order valence-corrected chi connectivity index (χ1v) is 10.2. The minimum Gasteiger partial charge on any atom is -0.465 e. The minimum absolute atomic E-state index is 0.198.